The Morgan fingerprint density at radius 3 is 3.14 bits per heavy atom. The molecule has 1 amide bonds. The smallest absolute Gasteiger partial charge is 0.225 e. The molecule has 21 heavy (non-hydrogen) atoms. The molecule has 1 aliphatic carbocycles. The van der Waals surface area contributed by atoms with Gasteiger partial charge in [0, 0.05) is 37.4 Å². The molecule has 0 aromatic carbocycles. The second kappa shape index (κ2) is 5.30. The lowest BCUT2D eigenvalue weighted by molar-refractivity contribution is -0.122. The fourth-order valence-electron chi connectivity index (χ4n) is 3.58. The number of piperidine rings is 1. The van der Waals surface area contributed by atoms with Gasteiger partial charge in [0.25, 0.3) is 0 Å². The number of hydrogen-bond donors (Lipinski definition) is 2. The fraction of sp³-hybridized carbons (Fsp3) is 0.625. The third-order valence-corrected chi connectivity index (χ3v) is 4.90. The number of aromatic nitrogens is 1. The van der Waals surface area contributed by atoms with E-state index < -0.39 is 0 Å². The molecule has 0 bridgehead atoms. The summed E-state index contributed by atoms with van der Waals surface area (Å²) in [6.07, 6.45) is 6.53. The lowest BCUT2D eigenvalue weighted by Gasteiger charge is -2.37. The third-order valence-electron chi connectivity index (χ3n) is 4.90. The quantitative estimate of drug-likeness (QED) is 0.868. The van der Waals surface area contributed by atoms with Crippen LogP contribution in [0.25, 0.3) is 0 Å². The number of rotatable bonds is 4. The van der Waals surface area contributed by atoms with Gasteiger partial charge in [0.2, 0.25) is 5.91 Å². The predicted octanol–water partition coefficient (Wildman–Crippen LogP) is 1.05. The van der Waals surface area contributed by atoms with Crippen LogP contribution in [-0.4, -0.2) is 36.1 Å². The Morgan fingerprint density at radius 2 is 2.29 bits per heavy atom. The van der Waals surface area contributed by atoms with E-state index in [0.717, 1.165) is 38.3 Å². The second-order valence-corrected chi connectivity index (χ2v) is 6.40. The maximum absolute atomic E-state index is 11.9. The average molecular weight is 286 g/mol. The number of fused-ring (bicyclic) bond motifs is 1. The Morgan fingerprint density at radius 1 is 1.38 bits per heavy atom. The van der Waals surface area contributed by atoms with E-state index in [1.54, 1.807) is 0 Å². The SMILES string of the molecule is O=C1NCC2C1CCCN2c1ncccc1CNC1CC1. The van der Waals surface area contributed by atoms with Gasteiger partial charge in [-0.1, -0.05) is 6.07 Å². The number of nitrogens with zero attached hydrogens (tertiary/aromatic N) is 2. The maximum Gasteiger partial charge on any atom is 0.225 e. The summed E-state index contributed by atoms with van der Waals surface area (Å²) in [5.41, 5.74) is 1.25. The summed E-state index contributed by atoms with van der Waals surface area (Å²) in [7, 11) is 0. The zero-order chi connectivity index (χ0) is 14.2. The van der Waals surface area contributed by atoms with Crippen molar-refractivity contribution < 1.29 is 4.79 Å². The molecule has 1 aromatic rings. The highest BCUT2D eigenvalue weighted by Crippen LogP contribution is 2.32. The van der Waals surface area contributed by atoms with E-state index in [-0.39, 0.29) is 17.9 Å². The Bertz CT molecular complexity index is 543. The van der Waals surface area contributed by atoms with Crippen molar-refractivity contribution in [2.24, 2.45) is 5.92 Å². The number of pyridine rings is 1. The van der Waals surface area contributed by atoms with E-state index >= 15 is 0 Å². The summed E-state index contributed by atoms with van der Waals surface area (Å²) in [6, 6.07) is 5.14. The molecule has 112 valence electrons. The molecule has 4 rings (SSSR count). The second-order valence-electron chi connectivity index (χ2n) is 6.40. The van der Waals surface area contributed by atoms with Crippen LogP contribution in [0.3, 0.4) is 0 Å². The highest BCUT2D eigenvalue weighted by Gasteiger charge is 2.41. The minimum Gasteiger partial charge on any atom is -0.354 e. The molecule has 3 heterocycles. The normalized spacial score (nSPS) is 28.4. The molecule has 0 spiro atoms. The van der Waals surface area contributed by atoms with Crippen LogP contribution >= 0.6 is 0 Å². The van der Waals surface area contributed by atoms with Crippen LogP contribution < -0.4 is 15.5 Å². The number of amides is 1. The van der Waals surface area contributed by atoms with Gasteiger partial charge in [-0.25, -0.2) is 4.98 Å². The van der Waals surface area contributed by atoms with Gasteiger partial charge in [-0.15, -0.1) is 0 Å². The van der Waals surface area contributed by atoms with E-state index in [0.29, 0.717) is 6.04 Å². The van der Waals surface area contributed by atoms with Crippen molar-refractivity contribution >= 4 is 11.7 Å². The van der Waals surface area contributed by atoms with E-state index in [4.69, 9.17) is 0 Å². The summed E-state index contributed by atoms with van der Waals surface area (Å²) < 4.78 is 0. The molecule has 0 radical (unpaired) electrons. The van der Waals surface area contributed by atoms with E-state index in [1.165, 1.54) is 18.4 Å². The summed E-state index contributed by atoms with van der Waals surface area (Å²) in [6.45, 7) is 2.64. The first-order valence-corrected chi connectivity index (χ1v) is 8.04. The largest absolute Gasteiger partial charge is 0.354 e. The van der Waals surface area contributed by atoms with Crippen molar-refractivity contribution in [3.8, 4) is 0 Å². The lowest BCUT2D eigenvalue weighted by atomic mass is 9.91. The van der Waals surface area contributed by atoms with E-state index in [9.17, 15) is 4.79 Å². The molecule has 5 heteroatoms. The molecular formula is C16H22N4O. The monoisotopic (exact) mass is 286 g/mol. The van der Waals surface area contributed by atoms with Crippen LogP contribution in [0.15, 0.2) is 18.3 Å². The molecule has 5 nitrogen and oxygen atoms in total. The number of anilines is 1. The Balaban J connectivity index is 1.58. The zero-order valence-corrected chi connectivity index (χ0v) is 12.2. The summed E-state index contributed by atoms with van der Waals surface area (Å²) in [4.78, 5) is 18.9. The van der Waals surface area contributed by atoms with Crippen LogP contribution in [0.4, 0.5) is 5.82 Å². The standard InChI is InChI=1S/C16H22N4O/c21-16-13-4-2-8-20(14(13)10-19-16)15-11(3-1-7-17-15)9-18-12-5-6-12/h1,3,7,12-14,18H,2,4-6,8-10H2,(H,19,21). The first-order chi connectivity index (χ1) is 10.3. The van der Waals surface area contributed by atoms with Crippen LogP contribution in [-0.2, 0) is 11.3 Å². The number of hydrogen-bond acceptors (Lipinski definition) is 4. The first kappa shape index (κ1) is 13.1. The minimum atomic E-state index is 0.144. The molecule has 1 aromatic heterocycles. The van der Waals surface area contributed by atoms with Crippen LogP contribution in [0, 0.1) is 5.92 Å². The first-order valence-electron chi connectivity index (χ1n) is 8.04. The molecule has 2 unspecified atom stereocenters. The van der Waals surface area contributed by atoms with Gasteiger partial charge >= 0.3 is 0 Å². The van der Waals surface area contributed by atoms with Gasteiger partial charge < -0.3 is 15.5 Å². The van der Waals surface area contributed by atoms with E-state index in [1.807, 2.05) is 12.3 Å². The highest BCUT2D eigenvalue weighted by atomic mass is 16.2. The van der Waals surface area contributed by atoms with Gasteiger partial charge in [-0.3, -0.25) is 4.79 Å². The Hall–Kier alpha value is -1.62. The van der Waals surface area contributed by atoms with Crippen molar-refractivity contribution in [1.29, 1.82) is 0 Å². The fourth-order valence-corrected chi connectivity index (χ4v) is 3.58. The van der Waals surface area contributed by atoms with Gasteiger partial charge in [-0.2, -0.15) is 0 Å². The Kier molecular flexibility index (Phi) is 3.30. The van der Waals surface area contributed by atoms with Crippen molar-refractivity contribution in [1.82, 2.24) is 15.6 Å². The van der Waals surface area contributed by atoms with Gasteiger partial charge in [0.05, 0.1) is 12.0 Å². The topological polar surface area (TPSA) is 57.3 Å². The molecule has 2 saturated heterocycles. The summed E-state index contributed by atoms with van der Waals surface area (Å²) in [5.74, 6) is 1.43. The molecule has 2 N–H and O–H groups in total. The molecule has 3 aliphatic rings. The molecule has 3 fully saturated rings. The molecular weight excluding hydrogens is 264 g/mol. The number of carbonyl (C=O) groups is 1. The van der Waals surface area contributed by atoms with Crippen LogP contribution in [0.1, 0.15) is 31.2 Å². The van der Waals surface area contributed by atoms with Crippen molar-refractivity contribution in [2.75, 3.05) is 18.0 Å². The third kappa shape index (κ3) is 2.50. The number of carbonyl (C=O) groups excluding carboxylic acids is 1. The van der Waals surface area contributed by atoms with Crippen molar-refractivity contribution in [3.63, 3.8) is 0 Å². The van der Waals surface area contributed by atoms with Gasteiger partial charge in [0.1, 0.15) is 5.82 Å². The van der Waals surface area contributed by atoms with Gasteiger partial charge in [-0.05, 0) is 31.7 Å². The zero-order valence-electron chi connectivity index (χ0n) is 12.2. The van der Waals surface area contributed by atoms with Crippen molar-refractivity contribution in [2.45, 2.75) is 44.3 Å². The van der Waals surface area contributed by atoms with E-state index in [2.05, 4.69) is 26.6 Å². The minimum absolute atomic E-state index is 0.144. The summed E-state index contributed by atoms with van der Waals surface area (Å²) >= 11 is 0. The Labute approximate surface area is 125 Å². The number of nitrogens with one attached hydrogen (secondary N) is 2. The average Bonchev–Trinajstić information content (AvgIpc) is 3.28. The summed E-state index contributed by atoms with van der Waals surface area (Å²) in [5, 5.41) is 6.59. The molecule has 2 aliphatic heterocycles. The maximum atomic E-state index is 11.9. The highest BCUT2D eigenvalue weighted by molar-refractivity contribution is 5.83. The predicted molar refractivity (Wildman–Crippen MR) is 81.0 cm³/mol. The van der Waals surface area contributed by atoms with Gasteiger partial charge in [0.15, 0.2) is 0 Å². The molecule has 2 atom stereocenters. The molecule has 1 saturated carbocycles. The van der Waals surface area contributed by atoms with Crippen molar-refractivity contribution in [3.05, 3.63) is 23.9 Å². The lowest BCUT2D eigenvalue weighted by Crippen LogP contribution is -2.46. The van der Waals surface area contributed by atoms with Crippen LogP contribution in [0.5, 0.6) is 0 Å². The van der Waals surface area contributed by atoms with Crippen LogP contribution in [0.2, 0.25) is 0 Å².